The molecular formula is C26H26N8. The SMILES string of the molecule is CCCn1nc(CCc2ccccc2)nc1Cc1ccc(-c2cnccc2-c2nnn[nH]2)cc1. The van der Waals surface area contributed by atoms with E-state index < -0.39 is 0 Å². The van der Waals surface area contributed by atoms with E-state index in [9.17, 15) is 0 Å². The zero-order valence-corrected chi connectivity index (χ0v) is 19.1. The van der Waals surface area contributed by atoms with Crippen molar-refractivity contribution < 1.29 is 0 Å². The Morgan fingerprint density at radius 3 is 2.50 bits per heavy atom. The Labute approximate surface area is 198 Å². The number of rotatable bonds is 9. The standard InChI is InChI=1S/C26H26N8/c1-2-16-34-25(28-24(31-34)13-10-19-6-4-3-5-7-19)17-20-8-11-21(12-9-20)23-18-27-15-14-22(23)26-29-32-33-30-26/h3-9,11-12,14-15,18H,2,10,13,16-17H2,1H3,(H,29,30,32,33). The number of nitrogens with zero attached hydrogens (tertiary/aromatic N) is 7. The van der Waals surface area contributed by atoms with Gasteiger partial charge in [0.2, 0.25) is 0 Å². The van der Waals surface area contributed by atoms with E-state index in [1.54, 1.807) is 6.20 Å². The van der Waals surface area contributed by atoms with E-state index in [4.69, 9.17) is 10.1 Å². The van der Waals surface area contributed by atoms with Gasteiger partial charge in [-0.05, 0) is 46.0 Å². The van der Waals surface area contributed by atoms with Crippen molar-refractivity contribution in [1.82, 2.24) is 40.4 Å². The van der Waals surface area contributed by atoms with Crippen LogP contribution in [0.15, 0.2) is 73.1 Å². The Bertz CT molecular complexity index is 1330. The summed E-state index contributed by atoms with van der Waals surface area (Å²) in [6.07, 6.45) is 7.12. The third kappa shape index (κ3) is 4.91. The first kappa shape index (κ1) is 21.6. The second-order valence-electron chi connectivity index (χ2n) is 8.20. The van der Waals surface area contributed by atoms with Gasteiger partial charge in [0.15, 0.2) is 11.6 Å². The molecular weight excluding hydrogens is 424 g/mol. The van der Waals surface area contributed by atoms with Crippen molar-refractivity contribution in [3.8, 4) is 22.5 Å². The predicted octanol–water partition coefficient (Wildman–Crippen LogP) is 4.31. The molecule has 0 radical (unpaired) electrons. The Balaban J connectivity index is 1.34. The van der Waals surface area contributed by atoms with Crippen LogP contribution in [0.3, 0.4) is 0 Å². The van der Waals surface area contributed by atoms with Crippen LogP contribution in [0.2, 0.25) is 0 Å². The van der Waals surface area contributed by atoms with E-state index in [-0.39, 0.29) is 0 Å². The maximum absolute atomic E-state index is 4.88. The molecule has 0 saturated carbocycles. The van der Waals surface area contributed by atoms with E-state index in [1.807, 2.05) is 18.3 Å². The number of hydrogen-bond donors (Lipinski definition) is 1. The summed E-state index contributed by atoms with van der Waals surface area (Å²) in [5.41, 5.74) is 5.45. The topological polar surface area (TPSA) is 98.1 Å². The summed E-state index contributed by atoms with van der Waals surface area (Å²) in [6, 6.07) is 20.9. The molecule has 3 heterocycles. The van der Waals surface area contributed by atoms with Gasteiger partial charge in [0.05, 0.1) is 0 Å². The molecule has 0 spiro atoms. The highest BCUT2D eigenvalue weighted by Gasteiger charge is 2.13. The van der Waals surface area contributed by atoms with E-state index in [0.29, 0.717) is 5.82 Å². The van der Waals surface area contributed by atoms with Crippen molar-refractivity contribution in [2.24, 2.45) is 0 Å². The first-order chi connectivity index (χ1) is 16.8. The summed E-state index contributed by atoms with van der Waals surface area (Å²) in [5.74, 6) is 2.54. The van der Waals surface area contributed by atoms with Crippen LogP contribution >= 0.6 is 0 Å². The molecule has 0 bridgehead atoms. The fourth-order valence-corrected chi connectivity index (χ4v) is 4.04. The molecule has 2 aromatic carbocycles. The minimum Gasteiger partial charge on any atom is -0.264 e. The zero-order chi connectivity index (χ0) is 23.2. The summed E-state index contributed by atoms with van der Waals surface area (Å²) in [7, 11) is 0. The Hall–Kier alpha value is -4.20. The molecule has 5 aromatic rings. The molecule has 0 amide bonds. The van der Waals surface area contributed by atoms with Gasteiger partial charge in [-0.2, -0.15) is 5.10 Å². The average Bonchev–Trinajstić information content (AvgIpc) is 3.55. The first-order valence-electron chi connectivity index (χ1n) is 11.5. The number of pyridine rings is 1. The van der Waals surface area contributed by atoms with Crippen molar-refractivity contribution in [2.45, 2.75) is 39.2 Å². The molecule has 8 nitrogen and oxygen atoms in total. The molecule has 5 rings (SSSR count). The van der Waals surface area contributed by atoms with Crippen LogP contribution in [-0.4, -0.2) is 40.4 Å². The fourth-order valence-electron chi connectivity index (χ4n) is 4.04. The summed E-state index contributed by atoms with van der Waals surface area (Å²) in [5, 5.41) is 19.1. The zero-order valence-electron chi connectivity index (χ0n) is 19.1. The number of nitrogens with one attached hydrogen (secondary N) is 1. The first-order valence-corrected chi connectivity index (χ1v) is 11.5. The third-order valence-corrected chi connectivity index (χ3v) is 5.76. The minimum absolute atomic E-state index is 0.622. The van der Waals surface area contributed by atoms with E-state index in [0.717, 1.165) is 60.6 Å². The van der Waals surface area contributed by atoms with Crippen LogP contribution in [0, 0.1) is 0 Å². The summed E-state index contributed by atoms with van der Waals surface area (Å²) < 4.78 is 2.06. The highest BCUT2D eigenvalue weighted by Crippen LogP contribution is 2.29. The molecule has 8 heteroatoms. The lowest BCUT2D eigenvalue weighted by Crippen LogP contribution is -2.06. The monoisotopic (exact) mass is 450 g/mol. The lowest BCUT2D eigenvalue weighted by molar-refractivity contribution is 0.570. The lowest BCUT2D eigenvalue weighted by atomic mass is 9.99. The van der Waals surface area contributed by atoms with Gasteiger partial charge in [-0.1, -0.05) is 61.5 Å². The molecule has 170 valence electrons. The highest BCUT2D eigenvalue weighted by atomic mass is 15.5. The highest BCUT2D eigenvalue weighted by molar-refractivity contribution is 5.79. The number of aromatic nitrogens is 8. The van der Waals surface area contributed by atoms with Crippen molar-refractivity contribution in [1.29, 1.82) is 0 Å². The van der Waals surface area contributed by atoms with Crippen molar-refractivity contribution in [2.75, 3.05) is 0 Å². The molecule has 0 unspecified atom stereocenters. The Kier molecular flexibility index (Phi) is 6.47. The summed E-state index contributed by atoms with van der Waals surface area (Å²) in [6.45, 7) is 3.04. The molecule has 0 atom stereocenters. The van der Waals surface area contributed by atoms with Crippen LogP contribution in [-0.2, 0) is 25.8 Å². The summed E-state index contributed by atoms with van der Waals surface area (Å²) in [4.78, 5) is 9.18. The second-order valence-corrected chi connectivity index (χ2v) is 8.20. The number of tetrazole rings is 1. The molecule has 0 aliphatic heterocycles. The van der Waals surface area contributed by atoms with Crippen molar-refractivity contribution in [3.63, 3.8) is 0 Å². The number of H-pyrrole nitrogens is 1. The van der Waals surface area contributed by atoms with Gasteiger partial charge < -0.3 is 0 Å². The van der Waals surface area contributed by atoms with E-state index in [2.05, 4.69) is 85.7 Å². The molecule has 1 N–H and O–H groups in total. The minimum atomic E-state index is 0.622. The fraction of sp³-hybridized carbons (Fsp3) is 0.231. The number of aryl methyl sites for hydroxylation is 3. The number of benzene rings is 2. The number of hydrogen-bond acceptors (Lipinski definition) is 6. The molecule has 0 saturated heterocycles. The number of aromatic amines is 1. The lowest BCUT2D eigenvalue weighted by Gasteiger charge is -2.08. The Morgan fingerprint density at radius 2 is 1.74 bits per heavy atom. The molecule has 34 heavy (non-hydrogen) atoms. The van der Waals surface area contributed by atoms with Gasteiger partial charge in [-0.15, -0.1) is 5.10 Å². The summed E-state index contributed by atoms with van der Waals surface area (Å²) >= 11 is 0. The van der Waals surface area contributed by atoms with Crippen LogP contribution in [0.25, 0.3) is 22.5 Å². The third-order valence-electron chi connectivity index (χ3n) is 5.76. The average molecular weight is 451 g/mol. The van der Waals surface area contributed by atoms with Gasteiger partial charge in [0.1, 0.15) is 5.82 Å². The van der Waals surface area contributed by atoms with E-state index in [1.165, 1.54) is 11.1 Å². The second kappa shape index (κ2) is 10.2. The molecule has 0 aliphatic rings. The quantitative estimate of drug-likeness (QED) is 0.359. The predicted molar refractivity (Wildman–Crippen MR) is 130 cm³/mol. The molecule has 3 aromatic heterocycles. The van der Waals surface area contributed by atoms with Crippen molar-refractivity contribution in [3.05, 3.63) is 95.8 Å². The smallest absolute Gasteiger partial charge is 0.180 e. The van der Waals surface area contributed by atoms with Crippen LogP contribution in [0.4, 0.5) is 0 Å². The van der Waals surface area contributed by atoms with E-state index >= 15 is 0 Å². The van der Waals surface area contributed by atoms with Crippen LogP contribution < -0.4 is 0 Å². The van der Waals surface area contributed by atoms with Gasteiger partial charge in [-0.3, -0.25) is 4.98 Å². The normalized spacial score (nSPS) is 11.1. The largest absolute Gasteiger partial charge is 0.264 e. The maximum Gasteiger partial charge on any atom is 0.180 e. The maximum atomic E-state index is 4.88. The van der Waals surface area contributed by atoms with Crippen molar-refractivity contribution >= 4 is 0 Å². The van der Waals surface area contributed by atoms with Gasteiger partial charge >= 0.3 is 0 Å². The molecule has 0 fully saturated rings. The van der Waals surface area contributed by atoms with Gasteiger partial charge in [0.25, 0.3) is 0 Å². The molecule has 0 aliphatic carbocycles. The Morgan fingerprint density at radius 1 is 0.882 bits per heavy atom. The van der Waals surface area contributed by atoms with Crippen LogP contribution in [0.1, 0.15) is 36.1 Å². The van der Waals surface area contributed by atoms with Crippen LogP contribution in [0.5, 0.6) is 0 Å². The van der Waals surface area contributed by atoms with Gasteiger partial charge in [-0.25, -0.2) is 14.8 Å². The van der Waals surface area contributed by atoms with Gasteiger partial charge in [0, 0.05) is 42.9 Å².